The zero-order valence-corrected chi connectivity index (χ0v) is 11.1. The van der Waals surface area contributed by atoms with Crippen LogP contribution < -0.4 is 16.4 Å². The van der Waals surface area contributed by atoms with Crippen LogP contribution in [0.25, 0.3) is 0 Å². The highest BCUT2D eigenvalue weighted by atomic mass is 16.4. The number of carbonyl (C=O) groups is 3. The Balaban J connectivity index is 2.85. The Hall–Kier alpha value is -2.64. The van der Waals surface area contributed by atoms with E-state index in [1.54, 1.807) is 13.8 Å². The Morgan fingerprint density at radius 2 is 2.00 bits per heavy atom. The molecule has 8 heteroatoms. The van der Waals surface area contributed by atoms with E-state index in [9.17, 15) is 14.4 Å². The lowest BCUT2D eigenvalue weighted by molar-refractivity contribution is -0.118. The number of rotatable bonds is 5. The minimum absolute atomic E-state index is 0.178. The van der Waals surface area contributed by atoms with Gasteiger partial charge in [-0.05, 0) is 18.1 Å². The number of hydrogen-bond acceptors (Lipinski definition) is 4. The summed E-state index contributed by atoms with van der Waals surface area (Å²) in [7, 11) is 0. The van der Waals surface area contributed by atoms with Crippen LogP contribution in [0.1, 0.15) is 24.3 Å². The van der Waals surface area contributed by atoms with Gasteiger partial charge in [-0.3, -0.25) is 4.79 Å². The Morgan fingerprint density at radius 3 is 2.50 bits per heavy atom. The first-order valence-electron chi connectivity index (χ1n) is 5.87. The van der Waals surface area contributed by atoms with E-state index >= 15 is 0 Å². The topological polar surface area (TPSA) is 134 Å². The first kappa shape index (κ1) is 15.4. The number of pyridine rings is 1. The zero-order valence-electron chi connectivity index (χ0n) is 11.1. The van der Waals surface area contributed by atoms with Gasteiger partial charge in [-0.15, -0.1) is 0 Å². The highest BCUT2D eigenvalue weighted by molar-refractivity contribution is 5.97. The lowest BCUT2D eigenvalue weighted by Crippen LogP contribution is -2.49. The highest BCUT2D eigenvalue weighted by Crippen LogP contribution is 2.10. The molecule has 5 N–H and O–H groups in total. The molecule has 108 valence electrons. The molecule has 8 nitrogen and oxygen atoms in total. The summed E-state index contributed by atoms with van der Waals surface area (Å²) >= 11 is 0. The van der Waals surface area contributed by atoms with E-state index in [1.807, 2.05) is 0 Å². The van der Waals surface area contributed by atoms with Gasteiger partial charge < -0.3 is 21.5 Å². The van der Waals surface area contributed by atoms with Crippen molar-refractivity contribution in [2.24, 2.45) is 11.7 Å². The van der Waals surface area contributed by atoms with Gasteiger partial charge in [0.25, 0.3) is 0 Å². The fourth-order valence-electron chi connectivity index (χ4n) is 1.53. The molecular weight excluding hydrogens is 264 g/mol. The summed E-state index contributed by atoms with van der Waals surface area (Å²) in [5.74, 6) is -1.86. The average Bonchev–Trinajstić information content (AvgIpc) is 2.35. The van der Waals surface area contributed by atoms with Crippen molar-refractivity contribution >= 4 is 23.6 Å². The van der Waals surface area contributed by atoms with Gasteiger partial charge in [0.2, 0.25) is 5.91 Å². The van der Waals surface area contributed by atoms with Gasteiger partial charge in [0.15, 0.2) is 0 Å². The van der Waals surface area contributed by atoms with E-state index in [-0.39, 0.29) is 17.3 Å². The van der Waals surface area contributed by atoms with Gasteiger partial charge >= 0.3 is 12.0 Å². The van der Waals surface area contributed by atoms with Crippen molar-refractivity contribution in [1.29, 1.82) is 0 Å². The molecule has 0 fully saturated rings. The molecule has 1 unspecified atom stereocenters. The molecule has 3 amide bonds. The average molecular weight is 280 g/mol. The Morgan fingerprint density at radius 1 is 1.35 bits per heavy atom. The predicted molar refractivity (Wildman–Crippen MR) is 71.2 cm³/mol. The van der Waals surface area contributed by atoms with Crippen LogP contribution in [0, 0.1) is 5.92 Å². The second kappa shape index (κ2) is 6.50. The number of primary amides is 1. The summed E-state index contributed by atoms with van der Waals surface area (Å²) in [5.41, 5.74) is 5.10. The van der Waals surface area contributed by atoms with Gasteiger partial charge in [0, 0.05) is 11.9 Å². The minimum atomic E-state index is -1.20. The van der Waals surface area contributed by atoms with Crippen molar-refractivity contribution < 1.29 is 19.5 Å². The molecule has 0 aliphatic heterocycles. The SMILES string of the molecule is CC(C)C(NC(N)=O)C(=O)Nc1ccnc(C(=O)O)c1. The number of aromatic nitrogens is 1. The van der Waals surface area contributed by atoms with Crippen LogP contribution in [0.3, 0.4) is 0 Å². The third-order valence-corrected chi connectivity index (χ3v) is 2.49. The molecule has 0 aromatic carbocycles. The van der Waals surface area contributed by atoms with Gasteiger partial charge in [-0.1, -0.05) is 13.8 Å². The Bertz CT molecular complexity index is 530. The highest BCUT2D eigenvalue weighted by Gasteiger charge is 2.23. The normalized spacial score (nSPS) is 11.8. The quantitative estimate of drug-likeness (QED) is 0.619. The van der Waals surface area contributed by atoms with Crippen LogP contribution in [-0.2, 0) is 4.79 Å². The molecule has 0 bridgehead atoms. The van der Waals surface area contributed by atoms with Crippen molar-refractivity contribution in [2.75, 3.05) is 5.32 Å². The summed E-state index contributed by atoms with van der Waals surface area (Å²) in [5, 5.41) is 13.7. The molecule has 0 saturated carbocycles. The van der Waals surface area contributed by atoms with E-state index in [2.05, 4.69) is 15.6 Å². The molecule has 0 saturated heterocycles. The van der Waals surface area contributed by atoms with E-state index in [0.29, 0.717) is 0 Å². The van der Waals surface area contributed by atoms with Crippen LogP contribution in [0.15, 0.2) is 18.3 Å². The second-order valence-electron chi connectivity index (χ2n) is 4.45. The number of carboxylic acids is 1. The maximum Gasteiger partial charge on any atom is 0.354 e. The third-order valence-electron chi connectivity index (χ3n) is 2.49. The van der Waals surface area contributed by atoms with Crippen molar-refractivity contribution in [2.45, 2.75) is 19.9 Å². The largest absolute Gasteiger partial charge is 0.477 e. The van der Waals surface area contributed by atoms with Crippen LogP contribution >= 0.6 is 0 Å². The second-order valence-corrected chi connectivity index (χ2v) is 4.45. The number of nitrogens with two attached hydrogens (primary N) is 1. The third kappa shape index (κ3) is 4.23. The smallest absolute Gasteiger partial charge is 0.354 e. The molecule has 0 aliphatic carbocycles. The number of amides is 3. The number of aromatic carboxylic acids is 1. The lowest BCUT2D eigenvalue weighted by atomic mass is 10.0. The van der Waals surface area contributed by atoms with Crippen molar-refractivity contribution in [1.82, 2.24) is 10.3 Å². The fraction of sp³-hybridized carbons (Fsp3) is 0.333. The number of anilines is 1. The molecular formula is C12H16N4O4. The maximum absolute atomic E-state index is 12.0. The standard InChI is InChI=1S/C12H16N4O4/c1-6(2)9(16-12(13)20)10(17)15-7-3-4-14-8(5-7)11(18)19/h3-6,9H,1-2H3,(H,18,19)(H3,13,16,20)(H,14,15,17). The number of urea groups is 1. The van der Waals surface area contributed by atoms with Crippen LogP contribution in [0.5, 0.6) is 0 Å². The van der Waals surface area contributed by atoms with Crippen molar-refractivity contribution in [3.8, 4) is 0 Å². The minimum Gasteiger partial charge on any atom is -0.477 e. The van der Waals surface area contributed by atoms with Crippen molar-refractivity contribution in [3.63, 3.8) is 0 Å². The van der Waals surface area contributed by atoms with Crippen LogP contribution in [0.4, 0.5) is 10.5 Å². The van der Waals surface area contributed by atoms with Gasteiger partial charge in [-0.2, -0.15) is 0 Å². The van der Waals surface area contributed by atoms with E-state index in [0.717, 1.165) is 0 Å². The molecule has 20 heavy (non-hydrogen) atoms. The van der Waals surface area contributed by atoms with Gasteiger partial charge in [-0.25, -0.2) is 14.6 Å². The van der Waals surface area contributed by atoms with E-state index in [4.69, 9.17) is 10.8 Å². The molecule has 0 aliphatic rings. The zero-order chi connectivity index (χ0) is 15.3. The van der Waals surface area contributed by atoms with Gasteiger partial charge in [0.1, 0.15) is 11.7 Å². The molecule has 1 atom stereocenters. The summed E-state index contributed by atoms with van der Waals surface area (Å²) < 4.78 is 0. The van der Waals surface area contributed by atoms with E-state index < -0.39 is 23.9 Å². The number of nitrogens with one attached hydrogen (secondary N) is 2. The molecule has 0 spiro atoms. The predicted octanol–water partition coefficient (Wildman–Crippen LogP) is 0.411. The molecule has 1 aromatic rings. The molecule has 1 rings (SSSR count). The number of hydrogen-bond donors (Lipinski definition) is 4. The van der Waals surface area contributed by atoms with Crippen molar-refractivity contribution in [3.05, 3.63) is 24.0 Å². The first-order chi connectivity index (χ1) is 9.31. The van der Waals surface area contributed by atoms with E-state index in [1.165, 1.54) is 18.3 Å². The molecule has 0 radical (unpaired) electrons. The number of carbonyl (C=O) groups excluding carboxylic acids is 2. The van der Waals surface area contributed by atoms with Crippen LogP contribution in [-0.4, -0.2) is 34.0 Å². The summed E-state index contributed by atoms with van der Waals surface area (Å²) in [4.78, 5) is 37.3. The van der Waals surface area contributed by atoms with Crippen LogP contribution in [0.2, 0.25) is 0 Å². The first-order valence-corrected chi connectivity index (χ1v) is 5.87. The monoisotopic (exact) mass is 280 g/mol. The fourth-order valence-corrected chi connectivity index (χ4v) is 1.53. The summed E-state index contributed by atoms with van der Waals surface area (Å²) in [6.45, 7) is 3.49. The van der Waals surface area contributed by atoms with Gasteiger partial charge in [0.05, 0.1) is 0 Å². The lowest BCUT2D eigenvalue weighted by Gasteiger charge is -2.20. The number of carboxylic acid groups (broad SMARTS) is 1. The maximum atomic E-state index is 12.0. The summed E-state index contributed by atoms with van der Waals surface area (Å²) in [6, 6.07) is 1.06. The molecule has 1 aromatic heterocycles. The Labute approximate surface area is 115 Å². The Kier molecular flexibility index (Phi) is 5.01. The summed E-state index contributed by atoms with van der Waals surface area (Å²) in [6.07, 6.45) is 1.27. The molecule has 1 heterocycles. The number of nitrogens with zero attached hydrogens (tertiary/aromatic N) is 1.